The number of carbonyl (C=O) groups is 1. The van der Waals surface area contributed by atoms with E-state index in [1.54, 1.807) is 6.07 Å². The number of carbonyl (C=O) groups excluding carboxylic acids is 2. The van der Waals surface area contributed by atoms with E-state index in [4.69, 9.17) is 0 Å². The van der Waals surface area contributed by atoms with Crippen molar-refractivity contribution in [2.75, 3.05) is 7.11 Å². The molecule has 0 atom stereocenters. The second kappa shape index (κ2) is 5.44. The van der Waals surface area contributed by atoms with Gasteiger partial charge in [0.2, 0.25) is 6.08 Å². The molecule has 0 aliphatic carbocycles. The number of nitrogens with zero attached hydrogens (tertiary/aromatic N) is 1. The molecule has 1 aromatic rings. The fourth-order valence-electron chi connectivity index (χ4n) is 1.18. The summed E-state index contributed by atoms with van der Waals surface area (Å²) < 4.78 is 4.59. The molecule has 0 radical (unpaired) electrons. The average molecular weight is 225 g/mol. The Morgan fingerprint density at radius 1 is 1.67 bits per heavy atom. The third kappa shape index (κ3) is 2.75. The van der Waals surface area contributed by atoms with Crippen molar-refractivity contribution in [1.29, 1.82) is 0 Å². The number of methoxy groups -OCH3 is 1. The number of rotatable bonds is 4. The molecule has 0 saturated carbocycles. The first-order valence-corrected chi connectivity index (χ1v) is 5.33. The van der Waals surface area contributed by atoms with Crippen LogP contribution in [0.1, 0.15) is 28.6 Å². The van der Waals surface area contributed by atoms with Gasteiger partial charge in [-0.1, -0.05) is 13.3 Å². The van der Waals surface area contributed by atoms with Crippen LogP contribution in [-0.4, -0.2) is 19.2 Å². The molecule has 1 aromatic heterocycles. The molecule has 0 amide bonds. The molecule has 0 aliphatic rings. The minimum absolute atomic E-state index is 0.342. The third-order valence-electron chi connectivity index (χ3n) is 1.81. The zero-order chi connectivity index (χ0) is 11.3. The van der Waals surface area contributed by atoms with Gasteiger partial charge in [0.15, 0.2) is 0 Å². The normalized spacial score (nSPS) is 9.47. The maximum Gasteiger partial charge on any atom is 0.340 e. The van der Waals surface area contributed by atoms with Gasteiger partial charge >= 0.3 is 5.97 Å². The molecule has 0 fully saturated rings. The van der Waals surface area contributed by atoms with Gasteiger partial charge in [-0.15, -0.1) is 11.3 Å². The van der Waals surface area contributed by atoms with E-state index in [1.165, 1.54) is 24.5 Å². The number of thiophene rings is 1. The van der Waals surface area contributed by atoms with Crippen molar-refractivity contribution in [2.24, 2.45) is 4.99 Å². The van der Waals surface area contributed by atoms with Crippen molar-refractivity contribution < 1.29 is 14.3 Å². The van der Waals surface area contributed by atoms with Crippen LogP contribution in [0.5, 0.6) is 0 Å². The van der Waals surface area contributed by atoms with Crippen LogP contribution in [0.3, 0.4) is 0 Å². The summed E-state index contributed by atoms with van der Waals surface area (Å²) in [4.78, 5) is 26.0. The van der Waals surface area contributed by atoms with Crippen LogP contribution in [-0.2, 0) is 16.0 Å². The zero-order valence-corrected chi connectivity index (χ0v) is 9.39. The maximum atomic E-state index is 11.3. The predicted molar refractivity (Wildman–Crippen MR) is 57.4 cm³/mol. The number of aliphatic imine (C=N–C) groups is 1. The summed E-state index contributed by atoms with van der Waals surface area (Å²) in [6.07, 6.45) is 3.28. The van der Waals surface area contributed by atoms with E-state index in [1.807, 2.05) is 6.92 Å². The quantitative estimate of drug-likeness (QED) is 0.449. The molecule has 0 unspecified atom stereocenters. The van der Waals surface area contributed by atoms with Gasteiger partial charge in [0, 0.05) is 4.88 Å². The van der Waals surface area contributed by atoms with Crippen LogP contribution in [0.4, 0.5) is 5.00 Å². The summed E-state index contributed by atoms with van der Waals surface area (Å²) in [7, 11) is 1.30. The van der Waals surface area contributed by atoms with Crippen LogP contribution >= 0.6 is 11.3 Å². The smallest absolute Gasteiger partial charge is 0.340 e. The van der Waals surface area contributed by atoms with Gasteiger partial charge in [0.1, 0.15) is 5.00 Å². The molecule has 0 bridgehead atoms. The molecule has 0 saturated heterocycles. The highest BCUT2D eigenvalue weighted by Crippen LogP contribution is 2.31. The van der Waals surface area contributed by atoms with E-state index in [0.29, 0.717) is 10.6 Å². The summed E-state index contributed by atoms with van der Waals surface area (Å²) in [5.74, 6) is -0.470. The number of esters is 1. The van der Waals surface area contributed by atoms with E-state index >= 15 is 0 Å². The Balaban J connectivity index is 3.10. The third-order valence-corrected chi connectivity index (χ3v) is 2.90. The van der Waals surface area contributed by atoms with Crippen molar-refractivity contribution >= 4 is 28.4 Å². The lowest BCUT2D eigenvalue weighted by atomic mass is 10.2. The SMILES string of the molecule is CCCc1cc(C(=O)OC)c(N=C=O)s1. The van der Waals surface area contributed by atoms with Gasteiger partial charge in [0.05, 0.1) is 12.7 Å². The topological polar surface area (TPSA) is 55.7 Å². The van der Waals surface area contributed by atoms with Gasteiger partial charge < -0.3 is 4.74 Å². The molecule has 80 valence electrons. The highest BCUT2D eigenvalue weighted by atomic mass is 32.1. The van der Waals surface area contributed by atoms with Gasteiger partial charge in [-0.25, -0.2) is 9.59 Å². The molecule has 5 heteroatoms. The van der Waals surface area contributed by atoms with Gasteiger partial charge in [-0.2, -0.15) is 4.99 Å². The zero-order valence-electron chi connectivity index (χ0n) is 8.57. The van der Waals surface area contributed by atoms with Crippen LogP contribution in [0.15, 0.2) is 11.1 Å². The minimum atomic E-state index is -0.470. The van der Waals surface area contributed by atoms with Crippen LogP contribution in [0.2, 0.25) is 0 Å². The Morgan fingerprint density at radius 3 is 2.93 bits per heavy atom. The van der Waals surface area contributed by atoms with E-state index < -0.39 is 5.97 Å². The van der Waals surface area contributed by atoms with Crippen molar-refractivity contribution in [3.63, 3.8) is 0 Å². The molecule has 0 N–H and O–H groups in total. The Kier molecular flexibility index (Phi) is 4.21. The molecular weight excluding hydrogens is 214 g/mol. The van der Waals surface area contributed by atoms with Crippen LogP contribution in [0.25, 0.3) is 0 Å². The summed E-state index contributed by atoms with van der Waals surface area (Å²) in [6.45, 7) is 2.04. The van der Waals surface area contributed by atoms with Crippen molar-refractivity contribution in [1.82, 2.24) is 0 Å². The summed E-state index contributed by atoms with van der Waals surface area (Å²) in [5.41, 5.74) is 0.342. The fraction of sp³-hybridized carbons (Fsp3) is 0.400. The standard InChI is InChI=1S/C10H11NO3S/c1-3-4-7-5-8(10(13)14-2)9(15-7)11-6-12/h5H,3-4H2,1-2H3. The number of hydrogen-bond donors (Lipinski definition) is 0. The van der Waals surface area contributed by atoms with Crippen molar-refractivity contribution in [3.05, 3.63) is 16.5 Å². The Hall–Kier alpha value is -1.45. The summed E-state index contributed by atoms with van der Waals surface area (Å²) >= 11 is 1.32. The first kappa shape index (κ1) is 11.6. The van der Waals surface area contributed by atoms with E-state index in [0.717, 1.165) is 17.7 Å². The van der Waals surface area contributed by atoms with Crippen molar-refractivity contribution in [2.45, 2.75) is 19.8 Å². The largest absolute Gasteiger partial charge is 0.465 e. The van der Waals surface area contributed by atoms with Crippen LogP contribution in [0, 0.1) is 0 Å². The number of isocyanates is 1. The second-order valence-corrected chi connectivity index (χ2v) is 3.99. The molecular formula is C10H11NO3S. The Bertz CT molecular complexity index is 405. The number of aryl methyl sites for hydroxylation is 1. The summed E-state index contributed by atoms with van der Waals surface area (Å²) in [5, 5.41) is 0.375. The van der Waals surface area contributed by atoms with E-state index in [-0.39, 0.29) is 0 Å². The monoisotopic (exact) mass is 225 g/mol. The Morgan fingerprint density at radius 2 is 2.40 bits per heavy atom. The molecule has 0 aliphatic heterocycles. The van der Waals surface area contributed by atoms with Crippen LogP contribution < -0.4 is 0 Å². The highest BCUT2D eigenvalue weighted by Gasteiger charge is 2.15. The molecule has 0 spiro atoms. The number of hydrogen-bond acceptors (Lipinski definition) is 5. The number of ether oxygens (including phenoxy) is 1. The molecule has 4 nitrogen and oxygen atoms in total. The van der Waals surface area contributed by atoms with Gasteiger partial charge in [-0.3, -0.25) is 0 Å². The van der Waals surface area contributed by atoms with E-state index in [9.17, 15) is 9.59 Å². The summed E-state index contributed by atoms with van der Waals surface area (Å²) in [6, 6.07) is 1.72. The highest BCUT2D eigenvalue weighted by molar-refractivity contribution is 7.16. The predicted octanol–water partition coefficient (Wildman–Crippen LogP) is 2.45. The molecule has 1 rings (SSSR count). The minimum Gasteiger partial charge on any atom is -0.465 e. The van der Waals surface area contributed by atoms with Gasteiger partial charge in [-0.05, 0) is 12.5 Å². The fourth-order valence-corrected chi connectivity index (χ4v) is 2.25. The molecule has 1 heterocycles. The molecule has 15 heavy (non-hydrogen) atoms. The lowest BCUT2D eigenvalue weighted by Gasteiger charge is -1.94. The lowest BCUT2D eigenvalue weighted by molar-refractivity contribution is 0.0602. The maximum absolute atomic E-state index is 11.3. The average Bonchev–Trinajstić information content (AvgIpc) is 2.61. The van der Waals surface area contributed by atoms with E-state index in [2.05, 4.69) is 9.73 Å². The second-order valence-electron chi connectivity index (χ2n) is 2.88. The lowest BCUT2D eigenvalue weighted by Crippen LogP contribution is -1.99. The Labute approximate surface area is 91.6 Å². The van der Waals surface area contributed by atoms with Crippen molar-refractivity contribution in [3.8, 4) is 0 Å². The van der Waals surface area contributed by atoms with Gasteiger partial charge in [0.25, 0.3) is 0 Å². The first-order chi connectivity index (χ1) is 7.22. The molecule has 0 aromatic carbocycles. The first-order valence-electron chi connectivity index (χ1n) is 4.51.